The maximum Gasteiger partial charge on any atom is 0.481 e. The van der Waals surface area contributed by atoms with Crippen LogP contribution in [0, 0.1) is 23.2 Å². The van der Waals surface area contributed by atoms with E-state index in [1.807, 2.05) is 54.6 Å². The highest BCUT2D eigenvalue weighted by molar-refractivity contribution is 6.48. The van der Waals surface area contributed by atoms with E-state index in [1.165, 1.54) is 0 Å². The maximum atomic E-state index is 14.0. The summed E-state index contributed by atoms with van der Waals surface area (Å²) in [6, 6.07) is 16.1. The fraction of sp³-hybridized carbons (Fsp3) is 0.600. The van der Waals surface area contributed by atoms with E-state index < -0.39 is 24.9 Å². The molecule has 2 aromatic carbocycles. The molecule has 2 N–H and O–H groups in total. The third kappa shape index (κ3) is 7.60. The molecular weight excluding hydrogens is 567 g/mol. The van der Waals surface area contributed by atoms with E-state index >= 15 is 0 Å². The van der Waals surface area contributed by atoms with Crippen molar-refractivity contribution in [3.63, 3.8) is 0 Å². The predicted octanol–water partition coefficient (Wildman–Crippen LogP) is 7.34. The van der Waals surface area contributed by atoms with Crippen LogP contribution in [0.15, 0.2) is 64.8 Å². The van der Waals surface area contributed by atoms with Gasteiger partial charge in [-0.15, -0.1) is 0 Å². The number of hydrogen-bond donors (Lipinski definition) is 2. The molecule has 1 heterocycles. The minimum Gasteiger partial charge on any atom is -0.444 e. The van der Waals surface area contributed by atoms with Crippen molar-refractivity contribution in [2.24, 2.45) is 33.4 Å². The summed E-state index contributed by atoms with van der Waals surface area (Å²) >= 11 is 0. The topological polar surface area (TPSA) is 111 Å². The lowest BCUT2D eigenvalue weighted by Gasteiger charge is -2.64. The number of rotatable bonds is 10. The number of nitrogens with zero attached hydrogens (tertiary/aromatic N) is 2. The Hall–Kier alpha value is -3.24. The van der Waals surface area contributed by atoms with Gasteiger partial charge in [-0.05, 0) is 100.0 Å². The van der Waals surface area contributed by atoms with Gasteiger partial charge >= 0.3 is 13.2 Å². The van der Waals surface area contributed by atoms with Gasteiger partial charge in [0.25, 0.3) is 0 Å². The summed E-state index contributed by atoms with van der Waals surface area (Å²) in [4.78, 5) is 26.8. The van der Waals surface area contributed by atoms with Crippen LogP contribution in [0.4, 0.5) is 16.2 Å². The van der Waals surface area contributed by atoms with Crippen LogP contribution in [0.5, 0.6) is 0 Å². The van der Waals surface area contributed by atoms with Crippen LogP contribution in [0.3, 0.4) is 0 Å². The summed E-state index contributed by atoms with van der Waals surface area (Å²) in [6.45, 7) is 16.5. The minimum absolute atomic E-state index is 0.0130. The minimum atomic E-state index is -0.877. The van der Waals surface area contributed by atoms with Gasteiger partial charge in [0.05, 0.1) is 29.0 Å². The van der Waals surface area contributed by atoms with Crippen LogP contribution < -0.4 is 10.6 Å². The van der Waals surface area contributed by atoms with Gasteiger partial charge in [0.1, 0.15) is 11.6 Å². The molecule has 2 amide bonds. The number of azo groups is 1. The molecule has 3 saturated carbocycles. The molecule has 6 rings (SSSR count). The number of carbonyl (C=O) groups excluding carboxylic acids is 2. The molecular formula is C35H49BN4O5. The Balaban J connectivity index is 1.31. The van der Waals surface area contributed by atoms with E-state index in [0.717, 1.165) is 24.1 Å². The van der Waals surface area contributed by atoms with E-state index in [1.54, 1.807) is 20.8 Å². The first-order chi connectivity index (χ1) is 21.1. The maximum absolute atomic E-state index is 14.0. The fourth-order valence-corrected chi connectivity index (χ4v) is 7.30. The van der Waals surface area contributed by atoms with Gasteiger partial charge in [0, 0.05) is 6.42 Å². The SMILES string of the molecule is CC(C)C[C@H](NC(=O)[C@H](Cc1ccc(N=Nc2ccccc2)cc1)NC(=O)OC(C)(C)C)B1OC2C[C@@H]3C[C@@H](C3(C)C)[C@]2(C)O1. The van der Waals surface area contributed by atoms with Crippen LogP contribution in [-0.4, -0.2) is 48.4 Å². The number of ether oxygens (including phenoxy) is 1. The van der Waals surface area contributed by atoms with E-state index in [4.69, 9.17) is 14.0 Å². The first kappa shape index (κ1) is 33.1. The van der Waals surface area contributed by atoms with E-state index in [9.17, 15) is 9.59 Å². The van der Waals surface area contributed by atoms with Crippen molar-refractivity contribution in [1.29, 1.82) is 0 Å². The first-order valence-electron chi connectivity index (χ1n) is 16.3. The van der Waals surface area contributed by atoms with Crippen LogP contribution in [0.25, 0.3) is 0 Å². The Labute approximate surface area is 268 Å². The zero-order valence-corrected chi connectivity index (χ0v) is 28.0. The first-order valence-corrected chi connectivity index (χ1v) is 16.3. The van der Waals surface area contributed by atoms with Crippen molar-refractivity contribution in [3.8, 4) is 0 Å². The summed E-state index contributed by atoms with van der Waals surface area (Å²) in [5.41, 5.74) is 1.45. The molecule has 6 atom stereocenters. The molecule has 2 bridgehead atoms. The van der Waals surface area contributed by atoms with Gasteiger partial charge in [-0.2, -0.15) is 10.2 Å². The number of alkyl carbamates (subject to hydrolysis) is 1. The quantitative estimate of drug-likeness (QED) is 0.214. The van der Waals surface area contributed by atoms with Crippen LogP contribution in [0.2, 0.25) is 0 Å². The molecule has 1 aliphatic heterocycles. The second kappa shape index (κ2) is 12.9. The van der Waals surface area contributed by atoms with Crippen LogP contribution >= 0.6 is 0 Å². The van der Waals surface area contributed by atoms with Crippen molar-refractivity contribution in [2.75, 3.05) is 0 Å². The normalized spacial score (nSPS) is 26.6. The lowest BCUT2D eigenvalue weighted by molar-refractivity contribution is -0.199. The molecule has 2 aromatic rings. The fourth-order valence-electron chi connectivity index (χ4n) is 7.30. The van der Waals surface area contributed by atoms with Gasteiger partial charge in [-0.3, -0.25) is 4.79 Å². The molecule has 4 aliphatic rings. The lowest BCUT2D eigenvalue weighted by atomic mass is 9.43. The Morgan fingerprint density at radius 2 is 1.62 bits per heavy atom. The number of amides is 2. The molecule has 4 fully saturated rings. The Kier molecular flexibility index (Phi) is 9.48. The standard InChI is InChI=1S/C35H49BN4O5/c1-22(2)18-30(36-44-29-21-24-20-28(34(24,6)7)35(29,8)45-36)38-31(41)27(37-32(42)43-33(3,4)5)19-23-14-16-26(17-15-23)40-39-25-12-10-9-11-13-25/h9-17,22,24,27-30H,18-21H2,1-8H3,(H,37,42)(H,38,41)/t24-,27-,28-,29?,30-,35-/m0/s1. The highest BCUT2D eigenvalue weighted by Gasteiger charge is 2.68. The highest BCUT2D eigenvalue weighted by Crippen LogP contribution is 2.65. The van der Waals surface area contributed by atoms with Crippen molar-refractivity contribution in [1.82, 2.24) is 10.6 Å². The van der Waals surface area contributed by atoms with Gasteiger partial charge in [-0.25, -0.2) is 4.79 Å². The molecule has 10 heteroatoms. The molecule has 9 nitrogen and oxygen atoms in total. The molecule has 0 radical (unpaired) electrons. The average Bonchev–Trinajstić information content (AvgIpc) is 3.32. The lowest BCUT2D eigenvalue weighted by Crippen LogP contribution is -2.65. The summed E-state index contributed by atoms with van der Waals surface area (Å²) in [6.07, 6.45) is 2.44. The molecule has 242 valence electrons. The highest BCUT2D eigenvalue weighted by atomic mass is 16.7. The Morgan fingerprint density at radius 3 is 2.22 bits per heavy atom. The number of hydrogen-bond acceptors (Lipinski definition) is 7. The zero-order chi connectivity index (χ0) is 32.6. The summed E-state index contributed by atoms with van der Waals surface area (Å²) in [7, 11) is -0.557. The number of nitrogens with one attached hydrogen (secondary N) is 2. The molecule has 0 aromatic heterocycles. The summed E-state index contributed by atoms with van der Waals surface area (Å²) < 4.78 is 18.8. The smallest absolute Gasteiger partial charge is 0.444 e. The van der Waals surface area contributed by atoms with Gasteiger partial charge in [0.2, 0.25) is 5.91 Å². The van der Waals surface area contributed by atoms with Crippen molar-refractivity contribution in [2.45, 2.75) is 110 Å². The number of carbonyl (C=O) groups is 2. The molecule has 45 heavy (non-hydrogen) atoms. The zero-order valence-electron chi connectivity index (χ0n) is 28.0. The molecule has 3 aliphatic carbocycles. The molecule has 0 spiro atoms. The second-order valence-electron chi connectivity index (χ2n) is 15.2. The number of benzene rings is 2. The summed E-state index contributed by atoms with van der Waals surface area (Å²) in [5, 5.41) is 14.6. The van der Waals surface area contributed by atoms with Gasteiger partial charge in [-0.1, -0.05) is 58.0 Å². The predicted molar refractivity (Wildman–Crippen MR) is 175 cm³/mol. The largest absolute Gasteiger partial charge is 0.481 e. The summed E-state index contributed by atoms with van der Waals surface area (Å²) in [5.74, 6) is 0.665. The Bertz CT molecular complexity index is 1380. The van der Waals surface area contributed by atoms with Gasteiger partial charge < -0.3 is 24.7 Å². The van der Waals surface area contributed by atoms with Crippen molar-refractivity contribution in [3.05, 3.63) is 60.2 Å². The van der Waals surface area contributed by atoms with Crippen molar-refractivity contribution < 1.29 is 23.6 Å². The monoisotopic (exact) mass is 616 g/mol. The third-order valence-corrected chi connectivity index (χ3v) is 9.77. The Morgan fingerprint density at radius 1 is 0.978 bits per heavy atom. The van der Waals surface area contributed by atoms with Crippen LogP contribution in [-0.2, 0) is 25.3 Å². The van der Waals surface area contributed by atoms with E-state index in [0.29, 0.717) is 23.9 Å². The average molecular weight is 617 g/mol. The second-order valence-corrected chi connectivity index (χ2v) is 15.2. The third-order valence-electron chi connectivity index (χ3n) is 9.77. The molecule has 1 unspecified atom stereocenters. The van der Waals surface area contributed by atoms with E-state index in [-0.39, 0.29) is 41.3 Å². The molecule has 1 saturated heterocycles. The van der Waals surface area contributed by atoms with Crippen molar-refractivity contribution >= 4 is 30.5 Å². The van der Waals surface area contributed by atoms with Crippen LogP contribution in [0.1, 0.15) is 80.2 Å². The van der Waals surface area contributed by atoms with E-state index in [2.05, 4.69) is 55.5 Å². The van der Waals surface area contributed by atoms with Gasteiger partial charge in [0.15, 0.2) is 0 Å².